The molecule has 0 aromatic carbocycles. The number of aliphatic hydroxyl groups is 3. The van der Waals surface area contributed by atoms with Crippen LogP contribution in [0.15, 0.2) is 0 Å². The molecule has 1 amide bonds. The van der Waals surface area contributed by atoms with Crippen LogP contribution in [0.2, 0.25) is 0 Å². The highest BCUT2D eigenvalue weighted by Crippen LogP contribution is 2.30. The average Bonchev–Trinajstić information content (AvgIpc) is 2.91. The molecule has 0 radical (unpaired) electrons. The van der Waals surface area contributed by atoms with E-state index in [1.54, 1.807) is 13.2 Å². The van der Waals surface area contributed by atoms with Crippen molar-refractivity contribution in [2.45, 2.75) is 93.3 Å². The first kappa shape index (κ1) is 24.2. The van der Waals surface area contributed by atoms with Gasteiger partial charge in [0.1, 0.15) is 29.9 Å². The summed E-state index contributed by atoms with van der Waals surface area (Å²) in [5.74, 6) is 0.465. The molecule has 2 aliphatic rings. The number of hydrogen-bond donors (Lipinski definition) is 5. The topological polar surface area (TPSA) is 111 Å². The maximum absolute atomic E-state index is 12.9. The van der Waals surface area contributed by atoms with Gasteiger partial charge in [0.15, 0.2) is 0 Å². The van der Waals surface area contributed by atoms with Gasteiger partial charge in [0.2, 0.25) is 5.91 Å². The van der Waals surface area contributed by atoms with Gasteiger partial charge in [-0.3, -0.25) is 4.79 Å². The number of ether oxygens (including phenoxy) is 1. The largest absolute Gasteiger partial charge is 0.388 e. The van der Waals surface area contributed by atoms with Gasteiger partial charge in [0.05, 0.1) is 17.5 Å². The third-order valence-corrected chi connectivity index (χ3v) is 6.94. The highest BCUT2D eigenvalue weighted by Gasteiger charge is 2.48. The average molecular weight is 439 g/mol. The van der Waals surface area contributed by atoms with Crippen LogP contribution in [0.1, 0.15) is 46.0 Å². The number of carbonyl (C=O) groups excluding carboxylic acids is 1. The van der Waals surface area contributed by atoms with Crippen LogP contribution in [0.4, 0.5) is 0 Å². The first-order chi connectivity index (χ1) is 13.3. The summed E-state index contributed by atoms with van der Waals surface area (Å²) >= 11 is 7.56. The van der Waals surface area contributed by atoms with Crippen molar-refractivity contribution < 1.29 is 24.9 Å². The molecule has 2 unspecified atom stereocenters. The van der Waals surface area contributed by atoms with Gasteiger partial charge in [-0.2, -0.15) is 0 Å². The SMILES string of the molecule is CCCC1CCN[C@H](C(=O)N[C@@H](C2O[C@H](SC)[C@H](O)[C@@H](O)[C@H]2O)[C@H](C)Cl)CC1. The van der Waals surface area contributed by atoms with E-state index < -0.39 is 41.3 Å². The lowest BCUT2D eigenvalue weighted by Crippen LogP contribution is -2.65. The van der Waals surface area contributed by atoms with Crippen LogP contribution < -0.4 is 10.6 Å². The minimum absolute atomic E-state index is 0.174. The zero-order valence-corrected chi connectivity index (χ0v) is 18.5. The van der Waals surface area contributed by atoms with Gasteiger partial charge in [-0.15, -0.1) is 23.4 Å². The minimum Gasteiger partial charge on any atom is -0.388 e. The quantitative estimate of drug-likeness (QED) is 0.374. The summed E-state index contributed by atoms with van der Waals surface area (Å²) in [5.41, 5.74) is -0.705. The first-order valence-electron chi connectivity index (χ1n) is 10.2. The van der Waals surface area contributed by atoms with Crippen LogP contribution in [0.5, 0.6) is 0 Å². The number of amides is 1. The van der Waals surface area contributed by atoms with Crippen molar-refractivity contribution in [3.8, 4) is 0 Å². The van der Waals surface area contributed by atoms with Crippen molar-refractivity contribution in [2.75, 3.05) is 12.8 Å². The van der Waals surface area contributed by atoms with E-state index in [2.05, 4.69) is 17.6 Å². The standard InChI is InChI=1S/C19H35ClN2O5S/c1-4-5-11-6-7-12(21-9-8-11)18(26)22-13(10(2)20)17-15(24)14(23)16(25)19(27-17)28-3/h10-17,19,21,23-25H,4-9H2,1-3H3,(H,22,26)/t10-,11?,12-,13+,14-,15+,16+,17?,19+/m0/s1. The second-order valence-corrected chi connectivity index (χ2v) is 9.54. The fourth-order valence-electron chi connectivity index (χ4n) is 4.12. The maximum atomic E-state index is 12.9. The molecule has 0 aromatic rings. The molecule has 0 saturated carbocycles. The molecular weight excluding hydrogens is 404 g/mol. The highest BCUT2D eigenvalue weighted by atomic mass is 35.5. The Hall–Kier alpha value is -0.0900. The van der Waals surface area contributed by atoms with Gasteiger partial charge >= 0.3 is 0 Å². The van der Waals surface area contributed by atoms with Crippen molar-refractivity contribution in [1.29, 1.82) is 0 Å². The Balaban J connectivity index is 2.04. The van der Waals surface area contributed by atoms with E-state index in [1.807, 2.05) is 0 Å². The van der Waals surface area contributed by atoms with Gasteiger partial charge < -0.3 is 30.7 Å². The Morgan fingerprint density at radius 3 is 2.57 bits per heavy atom. The zero-order chi connectivity index (χ0) is 20.8. The Kier molecular flexibility index (Phi) is 9.80. The van der Waals surface area contributed by atoms with Crippen molar-refractivity contribution in [2.24, 2.45) is 5.92 Å². The molecule has 2 heterocycles. The summed E-state index contributed by atoms with van der Waals surface area (Å²) in [6.07, 6.45) is 2.06. The molecule has 7 nitrogen and oxygen atoms in total. The number of alkyl halides is 1. The summed E-state index contributed by atoms with van der Waals surface area (Å²) < 4.78 is 5.80. The maximum Gasteiger partial charge on any atom is 0.237 e. The lowest BCUT2D eigenvalue weighted by atomic mass is 9.92. The van der Waals surface area contributed by atoms with Gasteiger partial charge in [-0.1, -0.05) is 19.8 Å². The molecule has 28 heavy (non-hydrogen) atoms. The van der Waals surface area contributed by atoms with Crippen LogP contribution in [0.25, 0.3) is 0 Å². The molecule has 2 aliphatic heterocycles. The van der Waals surface area contributed by atoms with Gasteiger partial charge in [0.25, 0.3) is 0 Å². The molecule has 2 rings (SSSR count). The summed E-state index contributed by atoms with van der Waals surface area (Å²) in [6.45, 7) is 4.69. The monoisotopic (exact) mass is 438 g/mol. The molecule has 9 atom stereocenters. The summed E-state index contributed by atoms with van der Waals surface area (Å²) in [5, 5.41) is 36.4. The van der Waals surface area contributed by atoms with E-state index in [1.165, 1.54) is 18.2 Å². The Morgan fingerprint density at radius 1 is 1.25 bits per heavy atom. The lowest BCUT2D eigenvalue weighted by molar-refractivity contribution is -0.205. The van der Waals surface area contributed by atoms with E-state index in [4.69, 9.17) is 16.3 Å². The fraction of sp³-hybridized carbons (Fsp3) is 0.947. The molecule has 0 spiro atoms. The molecule has 164 valence electrons. The van der Waals surface area contributed by atoms with Gasteiger partial charge in [-0.25, -0.2) is 0 Å². The minimum atomic E-state index is -1.36. The van der Waals surface area contributed by atoms with Crippen molar-refractivity contribution in [3.63, 3.8) is 0 Å². The molecule has 5 N–H and O–H groups in total. The second-order valence-electron chi connectivity index (χ2n) is 7.92. The lowest BCUT2D eigenvalue weighted by Gasteiger charge is -2.44. The van der Waals surface area contributed by atoms with Crippen LogP contribution in [0.3, 0.4) is 0 Å². The number of halogens is 1. The third-order valence-electron chi connectivity index (χ3n) is 5.82. The fourth-order valence-corrected chi connectivity index (χ4v) is 5.01. The molecule has 2 saturated heterocycles. The number of nitrogens with one attached hydrogen (secondary N) is 2. The number of rotatable bonds is 7. The van der Waals surface area contributed by atoms with E-state index in [0.29, 0.717) is 5.92 Å². The molecule has 0 aliphatic carbocycles. The molecule has 2 fully saturated rings. The normalized spacial score (nSPS) is 39.0. The highest BCUT2D eigenvalue weighted by molar-refractivity contribution is 7.99. The predicted octanol–water partition coefficient (Wildman–Crippen LogP) is 0.828. The Morgan fingerprint density at radius 2 is 1.96 bits per heavy atom. The zero-order valence-electron chi connectivity index (χ0n) is 16.9. The predicted molar refractivity (Wildman–Crippen MR) is 111 cm³/mol. The Labute approximate surface area is 176 Å². The number of thioether (sulfide) groups is 1. The molecular formula is C19H35ClN2O5S. The van der Waals surface area contributed by atoms with E-state index in [9.17, 15) is 20.1 Å². The van der Waals surface area contributed by atoms with Gasteiger partial charge in [0, 0.05) is 0 Å². The van der Waals surface area contributed by atoms with Crippen LogP contribution in [-0.2, 0) is 9.53 Å². The van der Waals surface area contributed by atoms with E-state index in [-0.39, 0.29) is 11.9 Å². The van der Waals surface area contributed by atoms with E-state index in [0.717, 1.165) is 32.2 Å². The van der Waals surface area contributed by atoms with Crippen LogP contribution in [0, 0.1) is 5.92 Å². The Bertz CT molecular complexity index is 499. The summed E-state index contributed by atoms with van der Waals surface area (Å²) in [6, 6.07) is -1.01. The molecule has 0 aromatic heterocycles. The summed E-state index contributed by atoms with van der Waals surface area (Å²) in [4.78, 5) is 12.9. The van der Waals surface area contributed by atoms with Crippen LogP contribution in [-0.4, -0.2) is 81.3 Å². The van der Waals surface area contributed by atoms with Crippen LogP contribution >= 0.6 is 23.4 Å². The van der Waals surface area contributed by atoms with Gasteiger partial charge in [-0.05, 0) is 44.9 Å². The smallest absolute Gasteiger partial charge is 0.237 e. The van der Waals surface area contributed by atoms with Crippen molar-refractivity contribution in [3.05, 3.63) is 0 Å². The van der Waals surface area contributed by atoms with Crippen molar-refractivity contribution >= 4 is 29.3 Å². The number of carbonyl (C=O) groups is 1. The van der Waals surface area contributed by atoms with Crippen molar-refractivity contribution in [1.82, 2.24) is 10.6 Å². The summed E-state index contributed by atoms with van der Waals surface area (Å²) in [7, 11) is 0. The van der Waals surface area contributed by atoms with E-state index >= 15 is 0 Å². The second kappa shape index (κ2) is 11.3. The third kappa shape index (κ3) is 5.97. The molecule has 0 bridgehead atoms. The first-order valence-corrected chi connectivity index (χ1v) is 11.9. The number of hydrogen-bond acceptors (Lipinski definition) is 7. The number of aliphatic hydroxyl groups excluding tert-OH is 3. The molecule has 9 heteroatoms.